The predicted octanol–water partition coefficient (Wildman–Crippen LogP) is 5.49. The van der Waals surface area contributed by atoms with E-state index in [0.29, 0.717) is 47.1 Å². The number of rotatable bonds is 10. The molecular formula is C24H41N4O4V-. The van der Waals surface area contributed by atoms with Crippen molar-refractivity contribution in [3.05, 3.63) is 56.0 Å². The van der Waals surface area contributed by atoms with Gasteiger partial charge in [-0.25, -0.2) is 4.79 Å². The van der Waals surface area contributed by atoms with Crippen LogP contribution in [0.3, 0.4) is 0 Å². The quantitative estimate of drug-likeness (QED) is 0.254. The molecule has 2 aromatic rings. The molecule has 1 radical (unpaired) electrons. The molecule has 5 N–H and O–H groups in total. The van der Waals surface area contributed by atoms with E-state index in [1.807, 2.05) is 26.0 Å². The van der Waals surface area contributed by atoms with Crippen LogP contribution in [0.4, 0.5) is 21.9 Å². The van der Waals surface area contributed by atoms with Gasteiger partial charge in [-0.2, -0.15) is 0 Å². The molecule has 0 saturated carbocycles. The second-order valence-corrected chi connectivity index (χ2v) is 7.57. The van der Waals surface area contributed by atoms with Gasteiger partial charge in [0, 0.05) is 70.9 Å². The number of amides is 2. The van der Waals surface area contributed by atoms with Crippen LogP contribution in [0.2, 0.25) is 0 Å². The molecule has 0 aliphatic carbocycles. The molecule has 0 unspecified atom stereocenters. The number of carbonyl (C=O) groups excluding carboxylic acids is 1. The number of hydrogen-bond donors (Lipinski definition) is 4. The third kappa shape index (κ3) is 8.92. The summed E-state index contributed by atoms with van der Waals surface area (Å²) in [7, 11) is 4.78. The van der Waals surface area contributed by atoms with E-state index in [2.05, 4.69) is 22.5 Å². The summed E-state index contributed by atoms with van der Waals surface area (Å²) in [5.74, 6) is 1.12. The second-order valence-electron chi connectivity index (χ2n) is 7.57. The molecule has 0 aromatic heterocycles. The van der Waals surface area contributed by atoms with Crippen molar-refractivity contribution in [3.63, 3.8) is 0 Å². The van der Waals surface area contributed by atoms with Crippen molar-refractivity contribution < 1.29 is 41.8 Å². The van der Waals surface area contributed by atoms with E-state index in [4.69, 9.17) is 19.9 Å². The molecule has 187 valence electrons. The van der Waals surface area contributed by atoms with Crippen LogP contribution < -0.4 is 31.2 Å². The fourth-order valence-corrected chi connectivity index (χ4v) is 2.79. The summed E-state index contributed by atoms with van der Waals surface area (Å²) in [6.07, 6.45) is 0.709. The maximum absolute atomic E-state index is 12.1. The summed E-state index contributed by atoms with van der Waals surface area (Å²) in [4.78, 5) is 12.1. The Kier molecular flexibility index (Phi) is 12.5. The molecule has 0 bridgehead atoms. The maximum Gasteiger partial charge on any atom is 0.319 e. The van der Waals surface area contributed by atoms with Gasteiger partial charge in [-0.3, -0.25) is 0 Å². The SMILES string of the molecule is C=C(Nc1ccc(NC(=O)NCCC(C)(C)OC)cc1)c1cc(OC)c(OC)cc1N.[CH3-].[HH].[HH].[HH].[V]. The van der Waals surface area contributed by atoms with Gasteiger partial charge in [0.25, 0.3) is 0 Å². The first-order valence-electron chi connectivity index (χ1n) is 9.87. The van der Waals surface area contributed by atoms with Gasteiger partial charge in [0.1, 0.15) is 0 Å². The minimum Gasteiger partial charge on any atom is -0.493 e. The standard InChI is InChI=1S/C23H32N4O4.CH3.V.3H2/c1-15(18-13-20(29-4)21(30-5)14-19(18)24)26-16-7-9-17(10-8-16)27-22(28)25-12-11-23(2,3)31-6;;;;;/h7-10,13-14,26H,1,11-12,24H2,2-6H3,(H2,25,27,28);1H3;;3*1H/q;-1;;;;. The van der Waals surface area contributed by atoms with Gasteiger partial charge in [-0.15, -0.1) is 0 Å². The molecule has 2 aromatic carbocycles. The summed E-state index contributed by atoms with van der Waals surface area (Å²) in [6.45, 7) is 8.53. The molecule has 0 heterocycles. The number of hydrogen-bond acceptors (Lipinski definition) is 6. The molecule has 0 atom stereocenters. The van der Waals surface area contributed by atoms with Crippen LogP contribution in [0.1, 0.15) is 30.1 Å². The van der Waals surface area contributed by atoms with Crippen LogP contribution in [-0.2, 0) is 23.3 Å². The minimum absolute atomic E-state index is 0. The van der Waals surface area contributed by atoms with E-state index < -0.39 is 0 Å². The fraction of sp³-hybridized carbons (Fsp3) is 0.333. The summed E-state index contributed by atoms with van der Waals surface area (Å²) in [5, 5.41) is 8.84. The Morgan fingerprint density at radius 2 is 1.55 bits per heavy atom. The largest absolute Gasteiger partial charge is 0.493 e. The number of urea groups is 1. The molecule has 33 heavy (non-hydrogen) atoms. The number of methoxy groups -OCH3 is 3. The van der Waals surface area contributed by atoms with Crippen molar-refractivity contribution in [3.8, 4) is 11.5 Å². The Morgan fingerprint density at radius 3 is 2.06 bits per heavy atom. The molecule has 8 nitrogen and oxygen atoms in total. The number of carbonyl (C=O) groups is 1. The number of nitrogens with one attached hydrogen (secondary N) is 3. The topological polar surface area (TPSA) is 107 Å². The molecule has 2 amide bonds. The van der Waals surface area contributed by atoms with Crippen LogP contribution in [0.25, 0.3) is 5.70 Å². The average Bonchev–Trinajstić information content (AvgIpc) is 2.74. The Hall–Kier alpha value is -2.81. The van der Waals surface area contributed by atoms with Crippen LogP contribution in [0.15, 0.2) is 43.0 Å². The van der Waals surface area contributed by atoms with Gasteiger partial charge in [-0.1, -0.05) is 6.58 Å². The Morgan fingerprint density at radius 1 is 1.03 bits per heavy atom. The van der Waals surface area contributed by atoms with Crippen LogP contribution in [0.5, 0.6) is 11.5 Å². The molecule has 0 spiro atoms. The molecule has 0 aliphatic heterocycles. The number of nitrogen functional groups attached to an aromatic ring is 1. The van der Waals surface area contributed by atoms with E-state index in [1.165, 1.54) is 0 Å². The van der Waals surface area contributed by atoms with E-state index >= 15 is 0 Å². The summed E-state index contributed by atoms with van der Waals surface area (Å²) in [5.41, 5.74) is 9.15. The Bertz CT molecular complexity index is 932. The normalized spacial score (nSPS) is 10.2. The van der Waals surface area contributed by atoms with Crippen molar-refractivity contribution >= 4 is 28.8 Å². The molecule has 0 saturated heterocycles. The second kappa shape index (κ2) is 13.7. The van der Waals surface area contributed by atoms with Gasteiger partial charge >= 0.3 is 6.03 Å². The first-order chi connectivity index (χ1) is 14.7. The summed E-state index contributed by atoms with van der Waals surface area (Å²) >= 11 is 0. The molecule has 2 rings (SSSR count). The van der Waals surface area contributed by atoms with Crippen molar-refractivity contribution in [2.45, 2.75) is 25.9 Å². The van der Waals surface area contributed by atoms with Gasteiger partial charge in [0.05, 0.1) is 19.8 Å². The van der Waals surface area contributed by atoms with Gasteiger partial charge < -0.3 is 43.3 Å². The zero-order valence-corrected chi connectivity index (χ0v) is 21.6. The van der Waals surface area contributed by atoms with E-state index in [-0.39, 0.29) is 41.9 Å². The summed E-state index contributed by atoms with van der Waals surface area (Å²) < 4.78 is 15.9. The van der Waals surface area contributed by atoms with Crippen LogP contribution in [0, 0.1) is 7.43 Å². The van der Waals surface area contributed by atoms with E-state index in [0.717, 1.165) is 5.69 Å². The number of ether oxygens (including phenoxy) is 3. The molecule has 0 fully saturated rings. The fourth-order valence-electron chi connectivity index (χ4n) is 2.79. The summed E-state index contributed by atoms with van der Waals surface area (Å²) in [6, 6.07) is 10.5. The van der Waals surface area contributed by atoms with Crippen LogP contribution >= 0.6 is 0 Å². The zero-order valence-electron chi connectivity index (χ0n) is 20.2. The Balaban J connectivity index is -0.00000102. The Labute approximate surface area is 213 Å². The minimum atomic E-state index is -0.277. The molecule has 0 aliphatic rings. The predicted molar refractivity (Wildman–Crippen MR) is 139 cm³/mol. The molecule has 9 heteroatoms. The van der Waals surface area contributed by atoms with Gasteiger partial charge in [-0.05, 0) is 50.6 Å². The van der Waals surface area contributed by atoms with Gasteiger partial charge in [0.2, 0.25) is 0 Å². The maximum atomic E-state index is 12.1. The van der Waals surface area contributed by atoms with Crippen molar-refractivity contribution in [1.82, 2.24) is 5.32 Å². The monoisotopic (exact) mass is 500 g/mol. The average molecular weight is 501 g/mol. The third-order valence-electron chi connectivity index (χ3n) is 4.88. The molecular weight excluding hydrogens is 459 g/mol. The first kappa shape index (κ1) is 30.2. The first-order valence-corrected chi connectivity index (χ1v) is 9.87. The van der Waals surface area contributed by atoms with Gasteiger partial charge in [0.15, 0.2) is 11.5 Å². The number of benzene rings is 2. The number of anilines is 3. The van der Waals surface area contributed by atoms with Crippen molar-refractivity contribution in [2.24, 2.45) is 0 Å². The smallest absolute Gasteiger partial charge is 0.319 e. The van der Waals surface area contributed by atoms with E-state index in [1.54, 1.807) is 45.6 Å². The third-order valence-corrected chi connectivity index (χ3v) is 4.88. The zero-order chi connectivity index (χ0) is 23.0. The van der Waals surface area contributed by atoms with Crippen molar-refractivity contribution in [2.75, 3.05) is 44.2 Å². The van der Waals surface area contributed by atoms with E-state index in [9.17, 15) is 4.79 Å². The van der Waals surface area contributed by atoms with Crippen LogP contribution in [-0.4, -0.2) is 39.5 Å². The number of nitrogens with two attached hydrogens (primary N) is 1. The van der Waals surface area contributed by atoms with Crippen molar-refractivity contribution in [1.29, 1.82) is 0 Å².